The van der Waals surface area contributed by atoms with Crippen molar-refractivity contribution in [3.63, 3.8) is 0 Å². The van der Waals surface area contributed by atoms with E-state index in [9.17, 15) is 4.79 Å². The molecule has 1 aliphatic rings. The molecule has 96 valence electrons. The third kappa shape index (κ3) is 7.07. The molecular formula is C12H25ClN2O. The van der Waals surface area contributed by atoms with Crippen LogP contribution in [0.15, 0.2) is 0 Å². The molecule has 3 nitrogen and oxygen atoms in total. The van der Waals surface area contributed by atoms with E-state index in [1.807, 2.05) is 0 Å². The maximum absolute atomic E-state index is 11.5. The van der Waals surface area contributed by atoms with Gasteiger partial charge in [0, 0.05) is 19.0 Å². The molecule has 0 aliphatic carbocycles. The molecule has 16 heavy (non-hydrogen) atoms. The smallest absolute Gasteiger partial charge is 0.220 e. The van der Waals surface area contributed by atoms with Gasteiger partial charge in [-0.3, -0.25) is 4.79 Å². The van der Waals surface area contributed by atoms with Crippen LogP contribution in [0.25, 0.3) is 0 Å². The number of halogens is 1. The number of amides is 1. The van der Waals surface area contributed by atoms with Crippen molar-refractivity contribution in [2.24, 2.45) is 5.41 Å². The maximum atomic E-state index is 11.5. The van der Waals surface area contributed by atoms with Crippen molar-refractivity contribution in [2.45, 2.75) is 52.5 Å². The quantitative estimate of drug-likeness (QED) is 0.800. The molecule has 0 aromatic heterocycles. The fourth-order valence-corrected chi connectivity index (χ4v) is 1.74. The molecule has 1 saturated heterocycles. The van der Waals surface area contributed by atoms with Gasteiger partial charge < -0.3 is 10.6 Å². The van der Waals surface area contributed by atoms with Crippen LogP contribution in [-0.4, -0.2) is 25.0 Å². The van der Waals surface area contributed by atoms with Gasteiger partial charge in [-0.05, 0) is 31.2 Å². The van der Waals surface area contributed by atoms with Gasteiger partial charge in [0.25, 0.3) is 0 Å². The van der Waals surface area contributed by atoms with Gasteiger partial charge in [0.1, 0.15) is 0 Å². The molecule has 1 amide bonds. The Balaban J connectivity index is 0.00000225. The van der Waals surface area contributed by atoms with E-state index in [4.69, 9.17) is 0 Å². The summed E-state index contributed by atoms with van der Waals surface area (Å²) in [6.45, 7) is 8.39. The SMILES string of the molecule is CC(C)(C)CCC(=O)NCC1CCCN1.Cl. The minimum atomic E-state index is 0. The number of rotatable bonds is 4. The van der Waals surface area contributed by atoms with Gasteiger partial charge in [-0.2, -0.15) is 0 Å². The monoisotopic (exact) mass is 248 g/mol. The molecule has 0 aromatic carbocycles. The second-order valence-electron chi connectivity index (χ2n) is 5.66. The predicted octanol–water partition coefficient (Wildman–Crippen LogP) is 2.10. The van der Waals surface area contributed by atoms with Crippen molar-refractivity contribution in [3.05, 3.63) is 0 Å². The largest absolute Gasteiger partial charge is 0.355 e. The van der Waals surface area contributed by atoms with E-state index < -0.39 is 0 Å². The first-order valence-corrected chi connectivity index (χ1v) is 5.97. The summed E-state index contributed by atoms with van der Waals surface area (Å²) in [7, 11) is 0. The highest BCUT2D eigenvalue weighted by Gasteiger charge is 2.16. The third-order valence-corrected chi connectivity index (χ3v) is 2.81. The molecule has 1 unspecified atom stereocenters. The molecule has 0 spiro atoms. The van der Waals surface area contributed by atoms with Gasteiger partial charge in [0.2, 0.25) is 5.91 Å². The van der Waals surface area contributed by atoms with Crippen LogP contribution < -0.4 is 10.6 Å². The first-order valence-electron chi connectivity index (χ1n) is 5.97. The summed E-state index contributed by atoms with van der Waals surface area (Å²) >= 11 is 0. The highest BCUT2D eigenvalue weighted by Crippen LogP contribution is 2.20. The zero-order chi connectivity index (χ0) is 11.3. The van der Waals surface area contributed by atoms with E-state index in [1.165, 1.54) is 12.8 Å². The average Bonchev–Trinajstić information content (AvgIpc) is 2.62. The summed E-state index contributed by atoms with van der Waals surface area (Å²) in [6.07, 6.45) is 4.04. The predicted molar refractivity (Wildman–Crippen MR) is 70.0 cm³/mol. The zero-order valence-corrected chi connectivity index (χ0v) is 11.5. The Bertz CT molecular complexity index is 208. The van der Waals surface area contributed by atoms with Crippen LogP contribution in [0.3, 0.4) is 0 Å². The Morgan fingerprint density at radius 2 is 2.12 bits per heavy atom. The molecular weight excluding hydrogens is 224 g/mol. The van der Waals surface area contributed by atoms with Crippen molar-refractivity contribution >= 4 is 18.3 Å². The molecule has 0 radical (unpaired) electrons. The Hall–Kier alpha value is -0.280. The van der Waals surface area contributed by atoms with E-state index in [0.29, 0.717) is 12.5 Å². The van der Waals surface area contributed by atoms with E-state index >= 15 is 0 Å². The molecule has 0 aromatic rings. The lowest BCUT2D eigenvalue weighted by Gasteiger charge is -2.18. The van der Waals surface area contributed by atoms with Crippen molar-refractivity contribution in [2.75, 3.05) is 13.1 Å². The lowest BCUT2D eigenvalue weighted by atomic mass is 9.90. The summed E-state index contributed by atoms with van der Waals surface area (Å²) in [5, 5.41) is 6.37. The van der Waals surface area contributed by atoms with E-state index in [0.717, 1.165) is 19.5 Å². The number of hydrogen-bond donors (Lipinski definition) is 2. The molecule has 2 N–H and O–H groups in total. The van der Waals surface area contributed by atoms with Gasteiger partial charge in [-0.15, -0.1) is 12.4 Å². The van der Waals surface area contributed by atoms with Crippen LogP contribution >= 0.6 is 12.4 Å². The molecule has 1 aliphatic heterocycles. The fraction of sp³-hybridized carbons (Fsp3) is 0.917. The second kappa shape index (κ2) is 7.13. The van der Waals surface area contributed by atoms with Crippen LogP contribution in [0.4, 0.5) is 0 Å². The van der Waals surface area contributed by atoms with Crippen LogP contribution in [0.5, 0.6) is 0 Å². The molecule has 0 bridgehead atoms. The topological polar surface area (TPSA) is 41.1 Å². The first-order chi connectivity index (χ1) is 6.97. The highest BCUT2D eigenvalue weighted by atomic mass is 35.5. The van der Waals surface area contributed by atoms with E-state index in [-0.39, 0.29) is 23.7 Å². The summed E-state index contributed by atoms with van der Waals surface area (Å²) in [5.74, 6) is 0.193. The Morgan fingerprint density at radius 1 is 1.44 bits per heavy atom. The molecule has 1 heterocycles. The Morgan fingerprint density at radius 3 is 2.62 bits per heavy atom. The van der Waals surface area contributed by atoms with Crippen molar-refractivity contribution in [1.29, 1.82) is 0 Å². The van der Waals surface area contributed by atoms with Crippen molar-refractivity contribution in [3.8, 4) is 0 Å². The summed E-state index contributed by atoms with van der Waals surface area (Å²) in [4.78, 5) is 11.5. The first kappa shape index (κ1) is 15.7. The molecule has 1 rings (SSSR count). The highest BCUT2D eigenvalue weighted by molar-refractivity contribution is 5.85. The number of carbonyl (C=O) groups excluding carboxylic acids is 1. The van der Waals surface area contributed by atoms with E-state index in [2.05, 4.69) is 31.4 Å². The Labute approximate surface area is 105 Å². The van der Waals surface area contributed by atoms with Crippen LogP contribution in [-0.2, 0) is 4.79 Å². The molecule has 1 fully saturated rings. The number of nitrogens with one attached hydrogen (secondary N) is 2. The minimum Gasteiger partial charge on any atom is -0.355 e. The van der Waals surface area contributed by atoms with Gasteiger partial charge in [-0.25, -0.2) is 0 Å². The van der Waals surface area contributed by atoms with E-state index in [1.54, 1.807) is 0 Å². The number of hydrogen-bond acceptors (Lipinski definition) is 2. The number of carbonyl (C=O) groups is 1. The van der Waals surface area contributed by atoms with Gasteiger partial charge in [-0.1, -0.05) is 20.8 Å². The zero-order valence-electron chi connectivity index (χ0n) is 10.6. The standard InChI is InChI=1S/C12H24N2O.ClH/c1-12(2,3)7-6-11(15)14-9-10-5-4-8-13-10;/h10,13H,4-9H2,1-3H3,(H,14,15);1H. The normalized spacial score (nSPS) is 20.3. The molecule has 1 atom stereocenters. The molecule has 0 saturated carbocycles. The lowest BCUT2D eigenvalue weighted by molar-refractivity contribution is -0.121. The Kier molecular flexibility index (Phi) is 7.00. The second-order valence-corrected chi connectivity index (χ2v) is 5.66. The summed E-state index contributed by atoms with van der Waals surface area (Å²) in [5.41, 5.74) is 0.253. The fourth-order valence-electron chi connectivity index (χ4n) is 1.74. The van der Waals surface area contributed by atoms with Crippen molar-refractivity contribution in [1.82, 2.24) is 10.6 Å². The van der Waals surface area contributed by atoms with Gasteiger partial charge >= 0.3 is 0 Å². The summed E-state index contributed by atoms with van der Waals surface area (Å²) in [6, 6.07) is 0.503. The van der Waals surface area contributed by atoms with Crippen LogP contribution in [0.2, 0.25) is 0 Å². The van der Waals surface area contributed by atoms with Crippen molar-refractivity contribution < 1.29 is 4.79 Å². The molecule has 4 heteroatoms. The minimum absolute atomic E-state index is 0. The average molecular weight is 249 g/mol. The lowest BCUT2D eigenvalue weighted by Crippen LogP contribution is -2.37. The van der Waals surface area contributed by atoms with Gasteiger partial charge in [0.05, 0.1) is 0 Å². The maximum Gasteiger partial charge on any atom is 0.220 e. The van der Waals surface area contributed by atoms with Gasteiger partial charge in [0.15, 0.2) is 0 Å². The van der Waals surface area contributed by atoms with Crippen LogP contribution in [0.1, 0.15) is 46.5 Å². The third-order valence-electron chi connectivity index (χ3n) is 2.81. The van der Waals surface area contributed by atoms with Crippen LogP contribution in [0, 0.1) is 5.41 Å². The summed E-state index contributed by atoms with van der Waals surface area (Å²) < 4.78 is 0.